The van der Waals surface area contributed by atoms with Gasteiger partial charge < -0.3 is 15.4 Å². The molecule has 0 radical (unpaired) electrons. The minimum absolute atomic E-state index is 0.0685. The Balaban J connectivity index is 1.87. The van der Waals surface area contributed by atoms with Crippen molar-refractivity contribution in [3.8, 4) is 0 Å². The summed E-state index contributed by atoms with van der Waals surface area (Å²) in [6, 6.07) is 6.22. The summed E-state index contributed by atoms with van der Waals surface area (Å²) in [6.45, 7) is 3.89. The summed E-state index contributed by atoms with van der Waals surface area (Å²) >= 11 is 6.29. The van der Waals surface area contributed by atoms with Crippen molar-refractivity contribution in [2.24, 2.45) is 5.92 Å². The second-order valence-corrected chi connectivity index (χ2v) is 7.30. The lowest BCUT2D eigenvalue weighted by Gasteiger charge is -2.31. The van der Waals surface area contributed by atoms with Gasteiger partial charge in [0.25, 0.3) is 0 Å². The molecule has 1 heterocycles. The number of ether oxygens (including phenoxy) is 1. The Labute approximate surface area is 152 Å². The molecule has 0 unspecified atom stereocenters. The van der Waals surface area contributed by atoms with Gasteiger partial charge in [-0.2, -0.15) is 0 Å². The highest BCUT2D eigenvalue weighted by Gasteiger charge is 2.34. The van der Waals surface area contributed by atoms with Crippen LogP contribution in [0, 0.1) is 5.92 Å². The molecule has 1 fully saturated rings. The summed E-state index contributed by atoms with van der Waals surface area (Å²) in [4.78, 5) is 24.8. The molecule has 2 amide bonds. The maximum absolute atomic E-state index is 12.9. The van der Waals surface area contributed by atoms with E-state index in [0.29, 0.717) is 27.8 Å². The molecule has 1 aliphatic carbocycles. The summed E-state index contributed by atoms with van der Waals surface area (Å²) in [7, 11) is 0. The van der Waals surface area contributed by atoms with Crippen molar-refractivity contribution in [3.63, 3.8) is 0 Å². The van der Waals surface area contributed by atoms with Crippen LogP contribution in [0.3, 0.4) is 0 Å². The predicted molar refractivity (Wildman–Crippen MR) is 96.1 cm³/mol. The first-order chi connectivity index (χ1) is 12.0. The molecule has 0 spiro atoms. The molecule has 2 N–H and O–H groups in total. The van der Waals surface area contributed by atoms with Crippen LogP contribution in [0.1, 0.15) is 51.1 Å². The lowest BCUT2D eigenvalue weighted by atomic mass is 9.88. The highest BCUT2D eigenvalue weighted by Crippen LogP contribution is 2.33. The van der Waals surface area contributed by atoms with Crippen LogP contribution in [0.15, 0.2) is 35.5 Å². The fourth-order valence-electron chi connectivity index (χ4n) is 3.61. The largest absolute Gasteiger partial charge is 0.459 e. The van der Waals surface area contributed by atoms with Gasteiger partial charge in [0.05, 0.1) is 11.6 Å². The first kappa shape index (κ1) is 17.8. The van der Waals surface area contributed by atoms with Gasteiger partial charge in [-0.25, -0.2) is 9.59 Å². The zero-order valence-electron chi connectivity index (χ0n) is 14.5. The van der Waals surface area contributed by atoms with Gasteiger partial charge in [0.2, 0.25) is 0 Å². The highest BCUT2D eigenvalue weighted by atomic mass is 35.5. The average Bonchev–Trinajstić information content (AvgIpc) is 2.54. The Kier molecular flexibility index (Phi) is 5.33. The van der Waals surface area contributed by atoms with Crippen molar-refractivity contribution < 1.29 is 14.3 Å². The van der Waals surface area contributed by atoms with Crippen LogP contribution >= 0.6 is 11.6 Å². The minimum atomic E-state index is -0.615. The van der Waals surface area contributed by atoms with Gasteiger partial charge in [-0.1, -0.05) is 43.1 Å². The SMILES string of the molecule is CC1=C(C(=O)O[C@@H]2CCC[C@H](C)C2)[C@H](c2ccccc2Cl)NC(=O)N1. The molecular formula is C19H23ClN2O3. The number of esters is 1. The Morgan fingerprint density at radius 2 is 2.04 bits per heavy atom. The number of amides is 2. The van der Waals surface area contributed by atoms with Gasteiger partial charge in [-0.15, -0.1) is 0 Å². The Bertz CT molecular complexity index is 716. The van der Waals surface area contributed by atoms with Crippen LogP contribution in [0.5, 0.6) is 0 Å². The van der Waals surface area contributed by atoms with Gasteiger partial charge in [0.1, 0.15) is 6.10 Å². The van der Waals surface area contributed by atoms with Crippen LogP contribution in [0.25, 0.3) is 0 Å². The van der Waals surface area contributed by atoms with Crippen molar-refractivity contribution in [2.75, 3.05) is 0 Å². The molecule has 1 aromatic carbocycles. The van der Waals surface area contributed by atoms with E-state index in [-0.39, 0.29) is 12.1 Å². The molecule has 2 aliphatic rings. The third-order valence-electron chi connectivity index (χ3n) is 4.87. The van der Waals surface area contributed by atoms with E-state index >= 15 is 0 Å². The number of rotatable bonds is 3. The minimum Gasteiger partial charge on any atom is -0.459 e. The molecule has 0 aromatic heterocycles. The van der Waals surface area contributed by atoms with Crippen LogP contribution in [0.4, 0.5) is 4.79 Å². The van der Waals surface area contributed by atoms with E-state index in [0.717, 1.165) is 19.3 Å². The monoisotopic (exact) mass is 362 g/mol. The molecule has 3 atom stereocenters. The van der Waals surface area contributed by atoms with E-state index in [9.17, 15) is 9.59 Å². The van der Waals surface area contributed by atoms with Gasteiger partial charge >= 0.3 is 12.0 Å². The molecule has 1 aliphatic heterocycles. The van der Waals surface area contributed by atoms with Crippen LogP contribution in [0.2, 0.25) is 5.02 Å². The van der Waals surface area contributed by atoms with Crippen molar-refractivity contribution in [1.29, 1.82) is 0 Å². The topological polar surface area (TPSA) is 67.4 Å². The average molecular weight is 363 g/mol. The highest BCUT2D eigenvalue weighted by molar-refractivity contribution is 6.31. The Hall–Kier alpha value is -2.01. The normalized spacial score (nSPS) is 26.7. The summed E-state index contributed by atoms with van der Waals surface area (Å²) in [5, 5.41) is 5.95. The Morgan fingerprint density at radius 3 is 2.76 bits per heavy atom. The number of hydrogen-bond acceptors (Lipinski definition) is 3. The first-order valence-corrected chi connectivity index (χ1v) is 9.07. The molecular weight excluding hydrogens is 340 g/mol. The van der Waals surface area contributed by atoms with E-state index in [1.54, 1.807) is 13.0 Å². The van der Waals surface area contributed by atoms with Gasteiger partial charge in [0.15, 0.2) is 0 Å². The number of allylic oxidation sites excluding steroid dienone is 1. The number of carbonyl (C=O) groups is 2. The standard InChI is InChI=1S/C19H23ClN2O3/c1-11-6-5-7-13(10-11)25-18(23)16-12(2)21-19(24)22-17(16)14-8-3-4-9-15(14)20/h3-4,8-9,11,13,17H,5-7,10H2,1-2H3,(H2,21,22,24)/t11-,13+,17-/m0/s1. The van der Waals surface area contributed by atoms with Crippen LogP contribution in [-0.4, -0.2) is 18.1 Å². The summed E-state index contributed by atoms with van der Waals surface area (Å²) in [5.41, 5.74) is 1.59. The third kappa shape index (κ3) is 3.98. The summed E-state index contributed by atoms with van der Waals surface area (Å²) in [5.74, 6) is 0.166. The van der Waals surface area contributed by atoms with Crippen molar-refractivity contribution in [3.05, 3.63) is 46.1 Å². The van der Waals surface area contributed by atoms with E-state index in [2.05, 4.69) is 17.6 Å². The molecule has 6 heteroatoms. The molecule has 5 nitrogen and oxygen atoms in total. The smallest absolute Gasteiger partial charge is 0.338 e. The number of carbonyl (C=O) groups excluding carboxylic acids is 2. The molecule has 1 saturated carbocycles. The van der Waals surface area contributed by atoms with Crippen molar-refractivity contribution in [2.45, 2.75) is 51.7 Å². The molecule has 0 saturated heterocycles. The number of nitrogens with one attached hydrogen (secondary N) is 2. The quantitative estimate of drug-likeness (QED) is 0.796. The van der Waals surface area contributed by atoms with Gasteiger partial charge in [-0.05, 0) is 43.7 Å². The van der Waals surface area contributed by atoms with Crippen molar-refractivity contribution in [1.82, 2.24) is 10.6 Å². The fourth-order valence-corrected chi connectivity index (χ4v) is 3.85. The molecule has 25 heavy (non-hydrogen) atoms. The van der Waals surface area contributed by atoms with E-state index in [1.165, 1.54) is 6.42 Å². The van der Waals surface area contributed by atoms with Crippen molar-refractivity contribution >= 4 is 23.6 Å². The maximum Gasteiger partial charge on any atom is 0.338 e. The van der Waals surface area contributed by atoms with Gasteiger partial charge in [-0.3, -0.25) is 0 Å². The Morgan fingerprint density at radius 1 is 1.28 bits per heavy atom. The molecule has 134 valence electrons. The second-order valence-electron chi connectivity index (χ2n) is 6.89. The fraction of sp³-hybridized carbons (Fsp3) is 0.474. The molecule has 3 rings (SSSR count). The first-order valence-electron chi connectivity index (χ1n) is 8.69. The summed E-state index contributed by atoms with van der Waals surface area (Å²) in [6.07, 6.45) is 3.95. The number of hydrogen-bond donors (Lipinski definition) is 2. The van der Waals surface area contributed by atoms with Gasteiger partial charge in [0, 0.05) is 10.7 Å². The van der Waals surface area contributed by atoms with E-state index in [1.807, 2.05) is 18.2 Å². The van der Waals surface area contributed by atoms with Crippen LogP contribution in [-0.2, 0) is 9.53 Å². The maximum atomic E-state index is 12.9. The number of benzene rings is 1. The van der Waals surface area contributed by atoms with E-state index in [4.69, 9.17) is 16.3 Å². The van der Waals surface area contributed by atoms with Crippen LogP contribution < -0.4 is 10.6 Å². The van der Waals surface area contributed by atoms with E-state index < -0.39 is 12.0 Å². The lowest BCUT2D eigenvalue weighted by molar-refractivity contribution is -0.146. The predicted octanol–water partition coefficient (Wildman–Crippen LogP) is 4.09. The zero-order valence-corrected chi connectivity index (χ0v) is 15.2. The number of halogens is 1. The summed E-state index contributed by atoms with van der Waals surface area (Å²) < 4.78 is 5.77. The second kappa shape index (κ2) is 7.48. The third-order valence-corrected chi connectivity index (χ3v) is 5.21. The zero-order chi connectivity index (χ0) is 18.0. The molecule has 1 aromatic rings. The lowest BCUT2D eigenvalue weighted by Crippen LogP contribution is -2.45. The number of urea groups is 1. The molecule has 0 bridgehead atoms.